The molecule has 0 heterocycles. The van der Waals surface area contributed by atoms with E-state index in [1.54, 1.807) is 6.07 Å². The van der Waals surface area contributed by atoms with Crippen LogP contribution in [0.25, 0.3) is 0 Å². The zero-order chi connectivity index (χ0) is 20.2. The molecule has 2 rings (SSSR count). The van der Waals surface area contributed by atoms with E-state index in [2.05, 4.69) is 22.8 Å². The fraction of sp³-hybridized carbons (Fsp3) is 0.429. The van der Waals surface area contributed by atoms with Gasteiger partial charge in [0.1, 0.15) is 0 Å². The molecule has 0 aromatic heterocycles. The van der Waals surface area contributed by atoms with Crippen LogP contribution in [-0.4, -0.2) is 56.3 Å². The van der Waals surface area contributed by atoms with Gasteiger partial charge < -0.3 is 20.8 Å². The molecule has 0 atom stereocenters. The maximum absolute atomic E-state index is 12.1. The van der Waals surface area contributed by atoms with Crippen LogP contribution < -0.4 is 10.6 Å². The van der Waals surface area contributed by atoms with Crippen LogP contribution in [0.5, 0.6) is 11.5 Å². The summed E-state index contributed by atoms with van der Waals surface area (Å²) in [6, 6.07) is 14.9. The van der Waals surface area contributed by atoms with Gasteiger partial charge in [0, 0.05) is 6.54 Å². The van der Waals surface area contributed by atoms with E-state index in [9.17, 15) is 18.6 Å². The van der Waals surface area contributed by atoms with Crippen LogP contribution >= 0.6 is 0 Å². The molecule has 0 aliphatic carbocycles. The highest BCUT2D eigenvalue weighted by atomic mass is 32.2. The van der Waals surface area contributed by atoms with Crippen LogP contribution in [0.15, 0.2) is 48.5 Å². The number of hydrogen-bond acceptors (Lipinski definition) is 6. The minimum absolute atomic E-state index is 0.123. The van der Waals surface area contributed by atoms with Gasteiger partial charge in [-0.25, -0.2) is 8.42 Å². The van der Waals surface area contributed by atoms with E-state index in [-0.39, 0.29) is 23.0 Å². The second kappa shape index (κ2) is 11.7. The molecule has 0 fully saturated rings. The van der Waals surface area contributed by atoms with Crippen molar-refractivity contribution in [2.24, 2.45) is 0 Å². The molecule has 0 aliphatic rings. The van der Waals surface area contributed by atoms with E-state index in [4.69, 9.17) is 0 Å². The largest absolute Gasteiger partial charge is 0.504 e. The molecule has 28 heavy (non-hydrogen) atoms. The zero-order valence-electron chi connectivity index (χ0n) is 16.1. The van der Waals surface area contributed by atoms with Gasteiger partial charge in [-0.3, -0.25) is 0 Å². The molecule has 0 radical (unpaired) electrons. The lowest BCUT2D eigenvalue weighted by Gasteiger charge is -2.08. The summed E-state index contributed by atoms with van der Waals surface area (Å²) in [6.45, 7) is 2.57. The van der Waals surface area contributed by atoms with Crippen LogP contribution in [0.3, 0.4) is 0 Å². The number of nitrogens with one attached hydrogen (secondary N) is 2. The second-order valence-electron chi connectivity index (χ2n) is 6.81. The van der Waals surface area contributed by atoms with Gasteiger partial charge in [-0.15, -0.1) is 0 Å². The molecule has 4 N–H and O–H groups in total. The number of benzene rings is 2. The van der Waals surface area contributed by atoms with Crippen molar-refractivity contribution in [3.8, 4) is 11.5 Å². The Morgan fingerprint density at radius 2 is 1.39 bits per heavy atom. The first-order chi connectivity index (χ1) is 13.5. The molecule has 6 nitrogen and oxygen atoms in total. The minimum Gasteiger partial charge on any atom is -0.504 e. The third-order valence-electron chi connectivity index (χ3n) is 4.46. The van der Waals surface area contributed by atoms with Gasteiger partial charge in [0.25, 0.3) is 0 Å². The van der Waals surface area contributed by atoms with E-state index in [1.807, 2.05) is 18.2 Å². The van der Waals surface area contributed by atoms with Gasteiger partial charge in [-0.05, 0) is 62.2 Å². The summed E-state index contributed by atoms with van der Waals surface area (Å²) in [4.78, 5) is 0. The van der Waals surface area contributed by atoms with Crippen molar-refractivity contribution in [1.29, 1.82) is 0 Å². The van der Waals surface area contributed by atoms with E-state index >= 15 is 0 Å². The van der Waals surface area contributed by atoms with Gasteiger partial charge in [0.2, 0.25) is 0 Å². The number of aromatic hydroxyl groups is 2. The molecular weight excluding hydrogens is 376 g/mol. The van der Waals surface area contributed by atoms with Crippen LogP contribution in [-0.2, 0) is 22.7 Å². The minimum atomic E-state index is -3.05. The number of rotatable bonds is 13. The fourth-order valence-corrected chi connectivity index (χ4v) is 4.08. The van der Waals surface area contributed by atoms with Crippen molar-refractivity contribution in [2.45, 2.75) is 19.3 Å². The third kappa shape index (κ3) is 8.73. The Morgan fingerprint density at radius 3 is 2.11 bits per heavy atom. The zero-order valence-corrected chi connectivity index (χ0v) is 16.9. The summed E-state index contributed by atoms with van der Waals surface area (Å²) in [7, 11) is -3.05. The molecule has 2 aromatic carbocycles. The van der Waals surface area contributed by atoms with E-state index in [0.717, 1.165) is 18.5 Å². The van der Waals surface area contributed by atoms with E-state index < -0.39 is 9.84 Å². The van der Waals surface area contributed by atoms with Gasteiger partial charge in [-0.2, -0.15) is 0 Å². The first-order valence-electron chi connectivity index (χ1n) is 9.63. The highest BCUT2D eigenvalue weighted by Crippen LogP contribution is 2.24. The van der Waals surface area contributed by atoms with Crippen LogP contribution in [0, 0.1) is 0 Å². The van der Waals surface area contributed by atoms with Crippen molar-refractivity contribution in [3.05, 3.63) is 59.7 Å². The summed E-state index contributed by atoms with van der Waals surface area (Å²) in [6.07, 6.45) is 2.21. The van der Waals surface area contributed by atoms with Gasteiger partial charge in [0.05, 0.1) is 11.5 Å². The number of hydrogen-bond donors (Lipinski definition) is 4. The maximum Gasteiger partial charge on any atom is 0.157 e. The molecule has 7 heteroatoms. The molecule has 0 bridgehead atoms. The monoisotopic (exact) mass is 406 g/mol. The Hall–Kier alpha value is -2.09. The SMILES string of the molecule is O=S(=O)(CCCNCCc1ccccc1)CCNCCc1ccc(O)c(O)c1. The van der Waals surface area contributed by atoms with Crippen molar-refractivity contribution in [3.63, 3.8) is 0 Å². The average Bonchev–Trinajstić information content (AvgIpc) is 2.68. The van der Waals surface area contributed by atoms with Crippen LogP contribution in [0.2, 0.25) is 0 Å². The Labute approximate surface area is 167 Å². The van der Waals surface area contributed by atoms with Crippen molar-refractivity contribution >= 4 is 9.84 Å². The highest BCUT2D eigenvalue weighted by Gasteiger charge is 2.09. The molecule has 0 aliphatic heterocycles. The van der Waals surface area contributed by atoms with Gasteiger partial charge >= 0.3 is 0 Å². The Kier molecular flexibility index (Phi) is 9.27. The molecular formula is C21H30N2O4S. The number of sulfone groups is 1. The predicted molar refractivity (Wildman–Crippen MR) is 113 cm³/mol. The normalized spacial score (nSPS) is 11.6. The second-order valence-corrected chi connectivity index (χ2v) is 9.12. The van der Waals surface area contributed by atoms with E-state index in [1.165, 1.54) is 17.7 Å². The molecule has 154 valence electrons. The maximum atomic E-state index is 12.1. The molecule has 0 saturated heterocycles. The third-order valence-corrected chi connectivity index (χ3v) is 6.20. The van der Waals surface area contributed by atoms with Gasteiger partial charge in [0.15, 0.2) is 21.3 Å². The lowest BCUT2D eigenvalue weighted by Crippen LogP contribution is -2.27. The smallest absolute Gasteiger partial charge is 0.157 e. The van der Waals surface area contributed by atoms with Gasteiger partial charge in [-0.1, -0.05) is 36.4 Å². The summed E-state index contributed by atoms with van der Waals surface area (Å²) in [5, 5.41) is 25.1. The topological polar surface area (TPSA) is 98.7 Å². The molecule has 0 spiro atoms. The highest BCUT2D eigenvalue weighted by molar-refractivity contribution is 7.91. The van der Waals surface area contributed by atoms with Crippen molar-refractivity contribution in [2.75, 3.05) is 37.7 Å². The first-order valence-corrected chi connectivity index (χ1v) is 11.4. The Bertz CT molecular complexity index is 810. The molecule has 0 saturated carbocycles. The summed E-state index contributed by atoms with van der Waals surface area (Å²) < 4.78 is 24.1. The summed E-state index contributed by atoms with van der Waals surface area (Å²) in [5.41, 5.74) is 2.16. The average molecular weight is 407 g/mol. The van der Waals surface area contributed by atoms with Crippen LogP contribution in [0.1, 0.15) is 17.5 Å². The predicted octanol–water partition coefficient (Wildman–Crippen LogP) is 1.87. The van der Waals surface area contributed by atoms with Crippen molar-refractivity contribution < 1.29 is 18.6 Å². The first kappa shape index (κ1) is 22.2. The molecule has 2 aromatic rings. The summed E-state index contributed by atoms with van der Waals surface area (Å²) >= 11 is 0. The number of phenols is 2. The quantitative estimate of drug-likeness (QED) is 0.299. The molecule has 0 amide bonds. The van der Waals surface area contributed by atoms with E-state index in [0.29, 0.717) is 32.5 Å². The lowest BCUT2D eigenvalue weighted by molar-refractivity contribution is 0.403. The van der Waals surface area contributed by atoms with Crippen LogP contribution in [0.4, 0.5) is 0 Å². The standard InChI is InChI=1S/C21H30N2O4S/c24-20-8-7-19(17-21(20)25)10-13-23-14-16-28(26,27)15-4-11-22-12-9-18-5-2-1-3-6-18/h1-3,5-8,17,22-25H,4,9-16H2. The Morgan fingerprint density at radius 1 is 0.714 bits per heavy atom. The summed E-state index contributed by atoms with van der Waals surface area (Å²) in [5.74, 6) is 0.0336. The lowest BCUT2D eigenvalue weighted by atomic mass is 10.1. The number of phenolic OH excluding ortho intramolecular Hbond substituents is 2. The Balaban J connectivity index is 1.51. The molecule has 0 unspecified atom stereocenters. The van der Waals surface area contributed by atoms with Crippen molar-refractivity contribution in [1.82, 2.24) is 10.6 Å². The fourth-order valence-electron chi connectivity index (χ4n) is 2.83.